The highest BCUT2D eigenvalue weighted by atomic mass is 32.2. The summed E-state index contributed by atoms with van der Waals surface area (Å²) in [5, 5.41) is 24.2. The van der Waals surface area contributed by atoms with Gasteiger partial charge in [0.1, 0.15) is 12.1 Å². The normalized spacial score (nSPS) is 13.8. The van der Waals surface area contributed by atoms with Crippen molar-refractivity contribution in [2.75, 3.05) is 18.6 Å². The number of carbonyl (C=O) groups is 5. The molecule has 7 N–H and O–H groups in total. The average molecular weight is 392 g/mol. The van der Waals surface area contributed by atoms with Crippen LogP contribution in [0.25, 0.3) is 0 Å². The van der Waals surface area contributed by atoms with Gasteiger partial charge in [0, 0.05) is 0 Å². The second-order valence-corrected chi connectivity index (χ2v) is 6.38. The third-order valence-electron chi connectivity index (χ3n) is 3.15. The van der Waals surface area contributed by atoms with Crippen molar-refractivity contribution in [1.82, 2.24) is 16.0 Å². The molecule has 0 aromatic rings. The summed E-state index contributed by atoms with van der Waals surface area (Å²) in [6, 6.07) is -3.39. The molecule has 3 unspecified atom stereocenters. The molecule has 0 aromatic heterocycles. The Morgan fingerprint density at radius 3 is 2.19 bits per heavy atom. The van der Waals surface area contributed by atoms with Crippen LogP contribution < -0.4 is 21.7 Å². The van der Waals surface area contributed by atoms with Crippen LogP contribution in [0.4, 0.5) is 0 Å². The molecule has 0 fully saturated rings. The molecule has 3 atom stereocenters. The van der Waals surface area contributed by atoms with Crippen molar-refractivity contribution >= 4 is 41.4 Å². The molecule has 0 bridgehead atoms. The number of aliphatic carboxylic acids is 2. The molecule has 0 aliphatic rings. The van der Waals surface area contributed by atoms with Crippen molar-refractivity contribution in [3.63, 3.8) is 0 Å². The predicted molar refractivity (Wildman–Crippen MR) is 93.4 cm³/mol. The molecule has 12 heteroatoms. The van der Waals surface area contributed by atoms with Crippen LogP contribution in [0.5, 0.6) is 0 Å². The van der Waals surface area contributed by atoms with Crippen molar-refractivity contribution in [3.8, 4) is 0 Å². The quantitative estimate of drug-likeness (QED) is 0.213. The number of carboxylic acid groups (broad SMARTS) is 2. The molecule has 0 spiro atoms. The highest BCUT2D eigenvalue weighted by molar-refractivity contribution is 7.98. The zero-order valence-corrected chi connectivity index (χ0v) is 15.3. The van der Waals surface area contributed by atoms with Crippen LogP contribution in [0, 0.1) is 0 Å². The fourth-order valence-electron chi connectivity index (χ4n) is 1.70. The highest BCUT2D eigenvalue weighted by Crippen LogP contribution is 2.02. The van der Waals surface area contributed by atoms with Crippen molar-refractivity contribution in [2.24, 2.45) is 5.73 Å². The van der Waals surface area contributed by atoms with E-state index in [9.17, 15) is 24.0 Å². The fraction of sp³-hybridized carbons (Fsp3) is 0.643. The second kappa shape index (κ2) is 12.1. The molecule has 0 heterocycles. The van der Waals surface area contributed by atoms with E-state index in [2.05, 4.69) is 16.0 Å². The highest BCUT2D eigenvalue weighted by Gasteiger charge is 2.24. The van der Waals surface area contributed by atoms with Crippen LogP contribution in [0.2, 0.25) is 0 Å². The Balaban J connectivity index is 4.62. The monoisotopic (exact) mass is 392 g/mol. The van der Waals surface area contributed by atoms with Gasteiger partial charge in [-0.3, -0.25) is 24.0 Å². The summed E-state index contributed by atoms with van der Waals surface area (Å²) in [4.78, 5) is 56.9. The molecule has 148 valence electrons. The van der Waals surface area contributed by atoms with Gasteiger partial charge < -0.3 is 31.9 Å². The summed E-state index contributed by atoms with van der Waals surface area (Å²) in [7, 11) is 0. The maximum Gasteiger partial charge on any atom is 0.325 e. The van der Waals surface area contributed by atoms with E-state index in [0.29, 0.717) is 5.75 Å². The lowest BCUT2D eigenvalue weighted by Crippen LogP contribution is -2.53. The minimum absolute atomic E-state index is 0.261. The third kappa shape index (κ3) is 9.84. The minimum atomic E-state index is -1.30. The van der Waals surface area contributed by atoms with Crippen LogP contribution >= 0.6 is 11.8 Å². The molecule has 0 aromatic carbocycles. The number of carboxylic acids is 2. The summed E-state index contributed by atoms with van der Waals surface area (Å²) in [5.74, 6) is -4.09. The van der Waals surface area contributed by atoms with Gasteiger partial charge in [-0.1, -0.05) is 0 Å². The topological polar surface area (TPSA) is 188 Å². The maximum absolute atomic E-state index is 12.1. The number of nitrogens with two attached hydrogens (primary N) is 1. The fourth-order valence-corrected chi connectivity index (χ4v) is 2.18. The molecule has 26 heavy (non-hydrogen) atoms. The molecule has 0 aliphatic carbocycles. The number of amides is 3. The third-order valence-corrected chi connectivity index (χ3v) is 3.79. The molecule has 0 saturated heterocycles. The molecular weight excluding hydrogens is 368 g/mol. The number of rotatable bonds is 12. The first kappa shape index (κ1) is 23.7. The molecule has 0 rings (SSSR count). The van der Waals surface area contributed by atoms with Crippen molar-refractivity contribution in [1.29, 1.82) is 0 Å². The van der Waals surface area contributed by atoms with E-state index < -0.39 is 60.8 Å². The van der Waals surface area contributed by atoms with Crippen LogP contribution in [-0.4, -0.2) is 76.6 Å². The number of hydrogen-bond acceptors (Lipinski definition) is 7. The first-order chi connectivity index (χ1) is 12.1. The van der Waals surface area contributed by atoms with Gasteiger partial charge in [-0.05, 0) is 25.4 Å². The first-order valence-electron chi connectivity index (χ1n) is 7.65. The van der Waals surface area contributed by atoms with Gasteiger partial charge in [-0.2, -0.15) is 11.8 Å². The summed E-state index contributed by atoms with van der Waals surface area (Å²) in [6.45, 7) is 0.793. The van der Waals surface area contributed by atoms with Gasteiger partial charge >= 0.3 is 11.9 Å². The molecular formula is C14H24N4O7S. The lowest BCUT2D eigenvalue weighted by molar-refractivity contribution is -0.141. The zero-order chi connectivity index (χ0) is 20.3. The second-order valence-electron chi connectivity index (χ2n) is 5.39. The van der Waals surface area contributed by atoms with Crippen molar-refractivity contribution in [3.05, 3.63) is 0 Å². The van der Waals surface area contributed by atoms with Gasteiger partial charge in [0.25, 0.3) is 0 Å². The first-order valence-corrected chi connectivity index (χ1v) is 9.04. The number of nitrogens with one attached hydrogen (secondary N) is 3. The lowest BCUT2D eigenvalue weighted by atomic mass is 10.2. The van der Waals surface area contributed by atoms with Crippen LogP contribution in [0.15, 0.2) is 0 Å². The van der Waals surface area contributed by atoms with Crippen LogP contribution in [0.3, 0.4) is 0 Å². The lowest BCUT2D eigenvalue weighted by Gasteiger charge is -2.20. The van der Waals surface area contributed by atoms with E-state index in [4.69, 9.17) is 15.9 Å². The van der Waals surface area contributed by atoms with E-state index in [1.807, 2.05) is 0 Å². The van der Waals surface area contributed by atoms with Gasteiger partial charge in [-0.15, -0.1) is 0 Å². The minimum Gasteiger partial charge on any atom is -0.481 e. The Morgan fingerprint density at radius 1 is 1.08 bits per heavy atom. The summed E-state index contributed by atoms with van der Waals surface area (Å²) >= 11 is 1.44. The largest absolute Gasteiger partial charge is 0.481 e. The van der Waals surface area contributed by atoms with E-state index in [-0.39, 0.29) is 6.42 Å². The van der Waals surface area contributed by atoms with E-state index >= 15 is 0 Å². The zero-order valence-electron chi connectivity index (χ0n) is 14.5. The Labute approximate surface area is 154 Å². The number of thioether (sulfide) groups is 1. The summed E-state index contributed by atoms with van der Waals surface area (Å²) in [6.07, 6.45) is 1.48. The van der Waals surface area contributed by atoms with Gasteiger partial charge in [0.15, 0.2) is 0 Å². The number of carbonyl (C=O) groups excluding carboxylic acids is 3. The summed E-state index contributed by atoms with van der Waals surface area (Å²) in [5.41, 5.74) is 5.36. The molecule has 0 saturated carbocycles. The van der Waals surface area contributed by atoms with E-state index in [1.165, 1.54) is 18.7 Å². The average Bonchev–Trinajstić information content (AvgIpc) is 2.55. The van der Waals surface area contributed by atoms with Crippen molar-refractivity contribution in [2.45, 2.75) is 37.9 Å². The Hall–Kier alpha value is -2.34. The van der Waals surface area contributed by atoms with Gasteiger partial charge in [0.2, 0.25) is 17.7 Å². The van der Waals surface area contributed by atoms with Crippen LogP contribution in [-0.2, 0) is 24.0 Å². The maximum atomic E-state index is 12.1. The number of hydrogen-bond donors (Lipinski definition) is 6. The Bertz CT molecular complexity index is 543. The molecule has 0 aliphatic heterocycles. The SMILES string of the molecule is CSCCC(NC(=O)CNC(=O)C(N)CC(=O)O)C(=O)NC(C)C(=O)O. The standard InChI is InChI=1S/C14H24N4O7S/c1-7(14(24)25)17-13(23)9(3-4-26-2)18-10(19)6-16-12(22)8(15)5-11(20)21/h7-9H,3-6,15H2,1-2H3,(H,16,22)(H,17,23)(H,18,19)(H,20,21)(H,24,25). The molecule has 3 amide bonds. The summed E-state index contributed by atoms with van der Waals surface area (Å²) < 4.78 is 0. The molecule has 11 nitrogen and oxygen atoms in total. The Kier molecular flexibility index (Phi) is 11.0. The van der Waals surface area contributed by atoms with Crippen LogP contribution in [0.1, 0.15) is 19.8 Å². The van der Waals surface area contributed by atoms with E-state index in [1.54, 1.807) is 6.26 Å². The van der Waals surface area contributed by atoms with E-state index in [0.717, 1.165) is 0 Å². The smallest absolute Gasteiger partial charge is 0.325 e. The Morgan fingerprint density at radius 2 is 1.69 bits per heavy atom. The van der Waals surface area contributed by atoms with Gasteiger partial charge in [0.05, 0.1) is 19.0 Å². The van der Waals surface area contributed by atoms with Gasteiger partial charge in [-0.25, -0.2) is 0 Å². The predicted octanol–water partition coefficient (Wildman–Crippen LogP) is -2.27. The van der Waals surface area contributed by atoms with Crippen molar-refractivity contribution < 1.29 is 34.2 Å². The molecule has 0 radical (unpaired) electrons.